The number of fused-ring (bicyclic) bond motifs is 1. The van der Waals surface area contributed by atoms with Gasteiger partial charge in [0.2, 0.25) is 0 Å². The van der Waals surface area contributed by atoms with Gasteiger partial charge in [-0.25, -0.2) is 0 Å². The summed E-state index contributed by atoms with van der Waals surface area (Å²) in [5, 5.41) is 51.8. The zero-order chi connectivity index (χ0) is 22.8. The third-order valence-corrected chi connectivity index (χ3v) is 8.04. The van der Waals surface area contributed by atoms with Crippen molar-refractivity contribution in [3.8, 4) is 11.5 Å². The Labute approximate surface area is 178 Å². The predicted molar refractivity (Wildman–Crippen MR) is 112 cm³/mol. The maximum Gasteiger partial charge on any atom is 0.141 e. The van der Waals surface area contributed by atoms with E-state index in [2.05, 4.69) is 13.8 Å². The fourth-order valence-corrected chi connectivity index (χ4v) is 5.11. The second kappa shape index (κ2) is 7.64. The molecule has 0 radical (unpaired) electrons. The highest BCUT2D eigenvalue weighted by Crippen LogP contribution is 2.55. The first-order valence-electron chi connectivity index (χ1n) is 10.6. The maximum absolute atomic E-state index is 10.9. The van der Waals surface area contributed by atoms with Crippen LogP contribution < -0.4 is 4.74 Å². The van der Waals surface area contributed by atoms with Crippen molar-refractivity contribution in [1.82, 2.24) is 0 Å². The third kappa shape index (κ3) is 3.06. The van der Waals surface area contributed by atoms with Crippen molar-refractivity contribution in [3.63, 3.8) is 0 Å². The molecule has 2 heterocycles. The van der Waals surface area contributed by atoms with E-state index in [1.165, 1.54) is 0 Å². The van der Waals surface area contributed by atoms with Gasteiger partial charge in [-0.05, 0) is 56.7 Å². The molecule has 30 heavy (non-hydrogen) atoms. The van der Waals surface area contributed by atoms with E-state index in [1.807, 2.05) is 34.6 Å². The van der Waals surface area contributed by atoms with Gasteiger partial charge >= 0.3 is 0 Å². The van der Waals surface area contributed by atoms with Crippen molar-refractivity contribution >= 4 is 0 Å². The van der Waals surface area contributed by atoms with Crippen molar-refractivity contribution in [2.24, 2.45) is 11.3 Å². The zero-order valence-corrected chi connectivity index (χ0v) is 18.9. The molecule has 0 aromatic heterocycles. The van der Waals surface area contributed by atoms with Crippen LogP contribution in [0.2, 0.25) is 0 Å². The molecular formula is C23H36O7. The first kappa shape index (κ1) is 23.3. The Morgan fingerprint density at radius 1 is 0.967 bits per heavy atom. The minimum absolute atomic E-state index is 0.0890. The molecule has 7 heteroatoms. The van der Waals surface area contributed by atoms with E-state index in [0.717, 1.165) is 22.3 Å². The summed E-state index contributed by atoms with van der Waals surface area (Å²) in [6.07, 6.45) is -5.70. The van der Waals surface area contributed by atoms with Gasteiger partial charge in [-0.3, -0.25) is 0 Å². The minimum Gasteiger partial charge on any atom is -0.507 e. The lowest BCUT2D eigenvalue weighted by Crippen LogP contribution is -2.71. The van der Waals surface area contributed by atoms with Gasteiger partial charge in [0.25, 0.3) is 0 Å². The van der Waals surface area contributed by atoms with E-state index >= 15 is 0 Å². The highest BCUT2D eigenvalue weighted by molar-refractivity contribution is 5.59. The molecule has 1 fully saturated rings. The molecule has 5 N–H and O–H groups in total. The molecule has 7 nitrogen and oxygen atoms in total. The Kier molecular flexibility index (Phi) is 5.93. The summed E-state index contributed by atoms with van der Waals surface area (Å²) in [4.78, 5) is 0. The Hall–Kier alpha value is -1.38. The van der Waals surface area contributed by atoms with E-state index < -0.39 is 48.1 Å². The molecular weight excluding hydrogens is 388 g/mol. The number of hydrogen-bond donors (Lipinski definition) is 5. The summed E-state index contributed by atoms with van der Waals surface area (Å²) >= 11 is 0. The summed E-state index contributed by atoms with van der Waals surface area (Å²) < 4.78 is 12.6. The second-order valence-corrected chi connectivity index (χ2v) is 9.74. The highest BCUT2D eigenvalue weighted by Gasteiger charge is 2.62. The molecule has 1 aromatic carbocycles. The molecule has 0 aliphatic carbocycles. The van der Waals surface area contributed by atoms with E-state index in [-0.39, 0.29) is 11.7 Å². The van der Waals surface area contributed by atoms with E-state index in [1.54, 1.807) is 0 Å². The van der Waals surface area contributed by atoms with Crippen LogP contribution in [0, 0.1) is 32.1 Å². The Balaban J connectivity index is 2.20. The Morgan fingerprint density at radius 3 is 2.10 bits per heavy atom. The van der Waals surface area contributed by atoms with Crippen LogP contribution in [0.15, 0.2) is 0 Å². The van der Waals surface area contributed by atoms with Gasteiger partial charge in [0, 0.05) is 11.0 Å². The molecule has 2 aliphatic rings. The number of benzene rings is 1. The van der Waals surface area contributed by atoms with Crippen molar-refractivity contribution in [2.45, 2.75) is 91.0 Å². The summed E-state index contributed by atoms with van der Waals surface area (Å²) in [7, 11) is 0. The summed E-state index contributed by atoms with van der Waals surface area (Å²) in [6, 6.07) is 0. The first-order chi connectivity index (χ1) is 13.8. The van der Waals surface area contributed by atoms with Crippen LogP contribution in [0.1, 0.15) is 49.9 Å². The normalized spacial score (nSPS) is 39.0. The van der Waals surface area contributed by atoms with Gasteiger partial charge in [0.1, 0.15) is 47.6 Å². The molecule has 1 aromatic rings. The summed E-state index contributed by atoms with van der Waals surface area (Å²) in [5.74, 6) is 1.00. The van der Waals surface area contributed by atoms with E-state index in [0.29, 0.717) is 12.2 Å². The second-order valence-electron chi connectivity index (χ2n) is 9.74. The number of aliphatic hydroxyl groups is 4. The number of phenolic OH excluding ortho intramolecular Hbond substituents is 1. The molecule has 0 amide bonds. The summed E-state index contributed by atoms with van der Waals surface area (Å²) in [6.45, 7) is 13.1. The lowest BCUT2D eigenvalue weighted by atomic mass is 9.58. The highest BCUT2D eigenvalue weighted by atomic mass is 16.6. The number of aromatic hydroxyl groups is 1. The Morgan fingerprint density at radius 2 is 1.57 bits per heavy atom. The molecule has 2 aliphatic heterocycles. The number of phenols is 1. The predicted octanol–water partition coefficient (Wildman–Crippen LogP) is 1.52. The monoisotopic (exact) mass is 424 g/mol. The smallest absolute Gasteiger partial charge is 0.141 e. The number of ether oxygens (including phenoxy) is 2. The zero-order valence-electron chi connectivity index (χ0n) is 18.9. The molecule has 2 unspecified atom stereocenters. The van der Waals surface area contributed by atoms with E-state index in [4.69, 9.17) is 9.47 Å². The van der Waals surface area contributed by atoms with Gasteiger partial charge in [-0.1, -0.05) is 20.8 Å². The van der Waals surface area contributed by atoms with Gasteiger partial charge in [-0.15, -0.1) is 0 Å². The minimum atomic E-state index is -1.47. The van der Waals surface area contributed by atoms with Crippen LogP contribution in [-0.4, -0.2) is 68.3 Å². The van der Waals surface area contributed by atoms with Crippen molar-refractivity contribution in [2.75, 3.05) is 6.61 Å². The maximum atomic E-state index is 10.9. The van der Waals surface area contributed by atoms with Gasteiger partial charge in [-0.2, -0.15) is 0 Å². The molecule has 170 valence electrons. The van der Waals surface area contributed by atoms with Crippen molar-refractivity contribution in [1.29, 1.82) is 0 Å². The molecule has 7 atom stereocenters. The van der Waals surface area contributed by atoms with Crippen LogP contribution >= 0.6 is 0 Å². The quantitative estimate of drug-likeness (QED) is 0.499. The lowest BCUT2D eigenvalue weighted by molar-refractivity contribution is -0.286. The molecule has 0 bridgehead atoms. The average molecular weight is 425 g/mol. The van der Waals surface area contributed by atoms with Crippen LogP contribution in [0.3, 0.4) is 0 Å². The van der Waals surface area contributed by atoms with Crippen LogP contribution in [-0.2, 0) is 11.2 Å². The van der Waals surface area contributed by atoms with Crippen molar-refractivity contribution < 1.29 is 35.0 Å². The van der Waals surface area contributed by atoms with Crippen LogP contribution in [0.5, 0.6) is 11.5 Å². The standard InChI is InChI=1S/C23H36O7/c1-10(2)22(6)8-14-13(5)16(25)11(3)12(4)20(14)30-23(22,7)21-19(28)18(27)17(26)15(9-24)29-21/h10,15,17-19,21,24-28H,8-9H2,1-7H3/t15-,17-,18+,19-,21+,22?,23?/m1/s1. The van der Waals surface area contributed by atoms with Gasteiger partial charge in [0.05, 0.1) is 6.61 Å². The summed E-state index contributed by atoms with van der Waals surface area (Å²) in [5.41, 5.74) is 1.62. The fourth-order valence-electron chi connectivity index (χ4n) is 5.11. The topological polar surface area (TPSA) is 120 Å². The van der Waals surface area contributed by atoms with Crippen LogP contribution in [0.4, 0.5) is 0 Å². The largest absolute Gasteiger partial charge is 0.507 e. The SMILES string of the molecule is Cc1c(C)c2c(c(C)c1O)CC(C)(C(C)C)C(C)([C@H]1O[C@H](CO)[C@@H](O)[C@H](O)[C@H]1O)O2. The molecule has 1 saturated heterocycles. The first-order valence-corrected chi connectivity index (χ1v) is 10.6. The molecule has 0 saturated carbocycles. The number of rotatable bonds is 3. The Bertz CT molecular complexity index is 821. The molecule has 0 spiro atoms. The number of hydrogen-bond acceptors (Lipinski definition) is 7. The third-order valence-electron chi connectivity index (χ3n) is 8.04. The average Bonchev–Trinajstić information content (AvgIpc) is 2.70. The lowest BCUT2D eigenvalue weighted by Gasteiger charge is -2.58. The van der Waals surface area contributed by atoms with Crippen molar-refractivity contribution in [3.05, 3.63) is 22.3 Å². The molecule has 3 rings (SSSR count). The number of aliphatic hydroxyl groups excluding tert-OH is 4. The van der Waals surface area contributed by atoms with Crippen LogP contribution in [0.25, 0.3) is 0 Å². The van der Waals surface area contributed by atoms with Gasteiger partial charge in [0.15, 0.2) is 0 Å². The fraction of sp³-hybridized carbons (Fsp3) is 0.739. The van der Waals surface area contributed by atoms with Gasteiger partial charge < -0.3 is 35.0 Å². The van der Waals surface area contributed by atoms with E-state index in [9.17, 15) is 25.5 Å².